The molecule has 10 rings (SSSR count). The van der Waals surface area contributed by atoms with Crippen LogP contribution in [0.15, 0.2) is 77.6 Å². The summed E-state index contributed by atoms with van der Waals surface area (Å²) in [5, 5.41) is 18.1. The van der Waals surface area contributed by atoms with Gasteiger partial charge in [-0.05, 0) is 104 Å². The maximum Gasteiger partial charge on any atom is 0.328 e. The van der Waals surface area contributed by atoms with Crippen molar-refractivity contribution in [2.75, 3.05) is 67.1 Å². The number of pyridine rings is 2. The fourth-order valence-electron chi connectivity index (χ4n) is 10.1. The van der Waals surface area contributed by atoms with E-state index in [0.29, 0.717) is 36.6 Å². The van der Waals surface area contributed by atoms with Gasteiger partial charge in [-0.25, -0.2) is 4.79 Å². The summed E-state index contributed by atoms with van der Waals surface area (Å²) in [7, 11) is 0. The first-order chi connectivity index (χ1) is 31.3. The number of rotatable bonds is 10. The Kier molecular flexibility index (Phi) is 11.1. The van der Waals surface area contributed by atoms with Gasteiger partial charge in [0.25, 0.3) is 11.7 Å². The van der Waals surface area contributed by atoms with E-state index in [1.807, 2.05) is 71.3 Å². The smallest absolute Gasteiger partial charge is 0.328 e. The van der Waals surface area contributed by atoms with Gasteiger partial charge < -0.3 is 24.5 Å². The minimum Gasteiger partial charge on any atom is -0.372 e. The van der Waals surface area contributed by atoms with Crippen LogP contribution in [0.5, 0.6) is 0 Å². The van der Waals surface area contributed by atoms with E-state index in [1.165, 1.54) is 25.1 Å². The molecule has 65 heavy (non-hydrogen) atoms. The van der Waals surface area contributed by atoms with Crippen molar-refractivity contribution < 1.29 is 18.9 Å². The second kappa shape index (κ2) is 17.0. The first-order valence-electron chi connectivity index (χ1n) is 22.8. The predicted octanol–water partition coefficient (Wildman–Crippen LogP) is 6.90. The summed E-state index contributed by atoms with van der Waals surface area (Å²) in [5.74, 6) is 1.86. The number of amides is 4. The van der Waals surface area contributed by atoms with Crippen molar-refractivity contribution in [3.8, 4) is 22.6 Å². The van der Waals surface area contributed by atoms with Crippen LogP contribution in [0, 0.1) is 24.7 Å². The quantitative estimate of drug-likeness (QED) is 0.130. The second-order valence-electron chi connectivity index (χ2n) is 19.4. The van der Waals surface area contributed by atoms with Gasteiger partial charge in [-0.1, -0.05) is 38.1 Å². The average molecular weight is 877 g/mol. The third-order valence-electron chi connectivity index (χ3n) is 13.7. The zero-order chi connectivity index (χ0) is 45.0. The largest absolute Gasteiger partial charge is 0.372 e. The second-order valence-corrected chi connectivity index (χ2v) is 19.4. The average Bonchev–Trinajstić information content (AvgIpc) is 4.11. The lowest BCUT2D eigenvalue weighted by molar-refractivity contribution is -0.120. The van der Waals surface area contributed by atoms with Crippen LogP contribution < -0.4 is 25.3 Å². The minimum absolute atomic E-state index is 0.0220. The Labute approximate surface area is 378 Å². The van der Waals surface area contributed by atoms with E-state index in [1.54, 1.807) is 4.90 Å². The number of nitrogens with one attached hydrogen (secondary N) is 3. The van der Waals surface area contributed by atoms with E-state index in [2.05, 4.69) is 82.1 Å². The Hall–Kier alpha value is -6.68. The number of hydrogen-bond donors (Lipinski definition) is 3. The molecule has 4 aromatic heterocycles. The third kappa shape index (κ3) is 8.66. The maximum atomic E-state index is 13.0. The molecular weight excluding hydrogens is 821 g/mol. The highest BCUT2D eigenvalue weighted by molar-refractivity contribution is 6.05. The molecule has 0 aliphatic carbocycles. The molecule has 6 aromatic rings. The number of aromatic nitrogens is 6. The molecule has 2 aromatic carbocycles. The number of hydrogen-bond acceptors (Lipinski definition) is 12. The van der Waals surface area contributed by atoms with E-state index in [-0.39, 0.29) is 35.1 Å². The summed E-state index contributed by atoms with van der Waals surface area (Å²) in [5.41, 5.74) is 9.04. The molecule has 0 saturated carbocycles. The topological polar surface area (TPSA) is 182 Å². The summed E-state index contributed by atoms with van der Waals surface area (Å²) < 4.78 is 5.32. The molecule has 4 fully saturated rings. The van der Waals surface area contributed by atoms with Crippen molar-refractivity contribution in [2.24, 2.45) is 17.8 Å². The first-order valence-corrected chi connectivity index (χ1v) is 22.8. The van der Waals surface area contributed by atoms with Crippen LogP contribution in [0.25, 0.3) is 33.5 Å². The number of aromatic amines is 1. The lowest BCUT2D eigenvalue weighted by atomic mass is 9.95. The minimum atomic E-state index is -0.384. The number of nitrogens with zero attached hydrogens (tertiary/aromatic N) is 9. The monoisotopic (exact) mass is 876 g/mol. The lowest BCUT2D eigenvalue weighted by Gasteiger charge is -2.36. The van der Waals surface area contributed by atoms with E-state index in [0.717, 1.165) is 95.3 Å². The van der Waals surface area contributed by atoms with Gasteiger partial charge in [0.1, 0.15) is 5.69 Å². The summed E-state index contributed by atoms with van der Waals surface area (Å²) in [4.78, 5) is 60.0. The van der Waals surface area contributed by atoms with E-state index < -0.39 is 0 Å². The normalized spacial score (nSPS) is 20.1. The van der Waals surface area contributed by atoms with Crippen LogP contribution in [0.2, 0.25) is 0 Å². The number of fused-ring (bicyclic) bond motifs is 2. The van der Waals surface area contributed by atoms with Gasteiger partial charge in [0.15, 0.2) is 0 Å². The highest BCUT2D eigenvalue weighted by Crippen LogP contribution is 2.37. The van der Waals surface area contributed by atoms with E-state index >= 15 is 0 Å². The Morgan fingerprint density at radius 2 is 1.58 bits per heavy atom. The number of carbonyl (C=O) groups is 3. The molecule has 336 valence electrons. The number of H-pyrrole nitrogens is 1. The molecule has 0 radical (unpaired) electrons. The number of anilines is 3. The first kappa shape index (κ1) is 42.3. The van der Waals surface area contributed by atoms with Crippen LogP contribution in [0.4, 0.5) is 21.9 Å². The van der Waals surface area contributed by atoms with Gasteiger partial charge in [0.05, 0.1) is 41.0 Å². The molecule has 3 N–H and O–H groups in total. The Bertz CT molecular complexity index is 2720. The van der Waals surface area contributed by atoms with Crippen LogP contribution in [-0.4, -0.2) is 105 Å². The molecule has 0 spiro atoms. The molecular formula is C49H56N12O4. The molecule has 3 atom stereocenters. The molecule has 0 bridgehead atoms. The van der Waals surface area contributed by atoms with Crippen molar-refractivity contribution in [1.29, 1.82) is 0 Å². The number of carbonyl (C=O) groups excluding carboxylic acids is 3. The SMILES string of the molecule is Cc1cc(-c2n[nH]c3cnc(-c4ccc(N5CC6CN(CC7CCN(c8ccc(N9CCC(=O)NC9=O)cc8)CC7)CC6C5)cn4)cc23)ccc1[C@@H](C)NC(=O)c1noc(C(C)(C)C)n1. The van der Waals surface area contributed by atoms with Crippen molar-refractivity contribution in [2.45, 2.75) is 65.3 Å². The van der Waals surface area contributed by atoms with Crippen molar-refractivity contribution in [3.05, 3.63) is 95.9 Å². The van der Waals surface area contributed by atoms with Gasteiger partial charge in [-0.15, -0.1) is 0 Å². The zero-order valence-corrected chi connectivity index (χ0v) is 37.7. The van der Waals surface area contributed by atoms with Crippen LogP contribution in [0.3, 0.4) is 0 Å². The number of benzene rings is 2. The standard InChI is InChI=1S/C49H56N12O4/c1-29-20-32(6-12-38(29)30(2)52-46(63)45-54-47(65-57-45)49(3,4)5)44-39-21-41(51-23-42(39)55-56-44)40-13-11-37(22-50-40)60-27-33-25-58(26-34(33)28-60)24-31-14-17-59(18-15-31)35-7-9-36(10-8-35)61-19-16-43(62)53-48(61)64/h6-13,20-23,30-31,33-34H,14-19,24-28H2,1-5H3,(H,52,63)(H,55,56)(H,53,62,64)/t30-,33?,34?/m1/s1. The summed E-state index contributed by atoms with van der Waals surface area (Å²) >= 11 is 0. The molecule has 4 aliphatic rings. The van der Waals surface area contributed by atoms with Gasteiger partial charge in [-0.2, -0.15) is 10.1 Å². The van der Waals surface area contributed by atoms with Crippen molar-refractivity contribution in [3.63, 3.8) is 0 Å². The van der Waals surface area contributed by atoms with Gasteiger partial charge in [0.2, 0.25) is 11.8 Å². The van der Waals surface area contributed by atoms with Crippen LogP contribution in [0.1, 0.15) is 80.6 Å². The lowest BCUT2D eigenvalue weighted by Crippen LogP contribution is -2.49. The summed E-state index contributed by atoms with van der Waals surface area (Å²) in [6, 6.07) is 20.0. The van der Waals surface area contributed by atoms with E-state index in [9.17, 15) is 14.4 Å². The molecule has 8 heterocycles. The fraction of sp³-hybridized carbons (Fsp3) is 0.429. The highest BCUT2D eigenvalue weighted by atomic mass is 16.5. The van der Waals surface area contributed by atoms with Gasteiger partial charge in [0, 0.05) is 86.5 Å². The highest BCUT2D eigenvalue weighted by Gasteiger charge is 2.41. The number of piperidine rings is 1. The number of imide groups is 1. The molecule has 4 saturated heterocycles. The maximum absolute atomic E-state index is 13.0. The van der Waals surface area contributed by atoms with Crippen LogP contribution in [-0.2, 0) is 10.2 Å². The molecule has 4 amide bonds. The molecule has 2 unspecified atom stereocenters. The van der Waals surface area contributed by atoms with Gasteiger partial charge in [-0.3, -0.25) is 34.9 Å². The Morgan fingerprint density at radius 1 is 0.862 bits per heavy atom. The van der Waals surface area contributed by atoms with Crippen molar-refractivity contribution >= 4 is 45.8 Å². The summed E-state index contributed by atoms with van der Waals surface area (Å²) in [6.07, 6.45) is 6.49. The zero-order valence-electron chi connectivity index (χ0n) is 37.7. The third-order valence-corrected chi connectivity index (χ3v) is 13.7. The Morgan fingerprint density at radius 3 is 2.26 bits per heavy atom. The van der Waals surface area contributed by atoms with E-state index in [4.69, 9.17) is 14.5 Å². The predicted molar refractivity (Wildman–Crippen MR) is 249 cm³/mol. The molecule has 4 aliphatic heterocycles. The van der Waals surface area contributed by atoms with Crippen molar-refractivity contribution in [1.82, 2.24) is 45.8 Å². The number of likely N-dealkylation sites (tertiary alicyclic amines) is 1. The number of aryl methyl sites for hydroxylation is 1. The molecule has 16 heteroatoms. The van der Waals surface area contributed by atoms with Gasteiger partial charge >= 0.3 is 6.03 Å². The Balaban J connectivity index is 0.715. The molecule has 16 nitrogen and oxygen atoms in total. The number of urea groups is 1. The summed E-state index contributed by atoms with van der Waals surface area (Å²) in [6.45, 7) is 17.9. The fourth-order valence-corrected chi connectivity index (χ4v) is 10.1. The van der Waals surface area contributed by atoms with Crippen LogP contribution >= 0.6 is 0 Å².